The van der Waals surface area contributed by atoms with Gasteiger partial charge in [-0.2, -0.15) is 13.2 Å². The maximum Gasteiger partial charge on any atom is 0.431 e. The van der Waals surface area contributed by atoms with E-state index >= 15 is 0 Å². The molecule has 0 aliphatic carbocycles. The van der Waals surface area contributed by atoms with Crippen molar-refractivity contribution in [2.45, 2.75) is 26.1 Å². The molecule has 1 amide bonds. The van der Waals surface area contributed by atoms with Crippen LogP contribution in [-0.4, -0.2) is 22.0 Å². The topological polar surface area (TPSA) is 86.0 Å². The Morgan fingerprint density at radius 2 is 1.90 bits per heavy atom. The lowest BCUT2D eigenvalue weighted by Crippen LogP contribution is -2.49. The molecule has 0 aliphatic rings. The van der Waals surface area contributed by atoms with Crippen LogP contribution in [0.2, 0.25) is 0 Å². The molecule has 0 bridgehead atoms. The SMILES string of the molecule is CC(C)NC(=S)NNC(=O)c1ccc(C(F)(F)F)[nH]c1=O. The highest BCUT2D eigenvalue weighted by Gasteiger charge is 2.32. The monoisotopic (exact) mass is 322 g/mol. The number of carbonyl (C=O) groups is 1. The highest BCUT2D eigenvalue weighted by atomic mass is 32.1. The van der Waals surface area contributed by atoms with Crippen LogP contribution in [-0.2, 0) is 6.18 Å². The number of pyridine rings is 1. The molecule has 0 unspecified atom stereocenters. The first kappa shape index (κ1) is 17.0. The van der Waals surface area contributed by atoms with E-state index in [0.717, 1.165) is 6.07 Å². The van der Waals surface area contributed by atoms with E-state index < -0.39 is 28.9 Å². The molecule has 4 N–H and O–H groups in total. The maximum atomic E-state index is 12.4. The summed E-state index contributed by atoms with van der Waals surface area (Å²) in [5.74, 6) is -0.905. The van der Waals surface area contributed by atoms with Gasteiger partial charge < -0.3 is 10.3 Å². The fraction of sp³-hybridized carbons (Fsp3) is 0.364. The van der Waals surface area contributed by atoms with Crippen LogP contribution in [0.4, 0.5) is 13.2 Å². The maximum absolute atomic E-state index is 12.4. The molecular formula is C11H13F3N4O2S. The Hall–Kier alpha value is -2.10. The van der Waals surface area contributed by atoms with Gasteiger partial charge in [-0.25, -0.2) is 0 Å². The third-order valence-electron chi connectivity index (χ3n) is 2.17. The highest BCUT2D eigenvalue weighted by Crippen LogP contribution is 2.26. The molecule has 1 heterocycles. The van der Waals surface area contributed by atoms with Crippen LogP contribution in [0, 0.1) is 0 Å². The van der Waals surface area contributed by atoms with Gasteiger partial charge in [0, 0.05) is 6.04 Å². The predicted molar refractivity (Wildman–Crippen MR) is 73.5 cm³/mol. The first-order chi connectivity index (χ1) is 9.61. The zero-order valence-electron chi connectivity index (χ0n) is 11.1. The molecule has 0 aliphatic heterocycles. The van der Waals surface area contributed by atoms with E-state index in [4.69, 9.17) is 12.2 Å². The molecule has 6 nitrogen and oxygen atoms in total. The Kier molecular flexibility index (Phi) is 5.30. The molecule has 1 aromatic heterocycles. The van der Waals surface area contributed by atoms with Crippen LogP contribution >= 0.6 is 12.2 Å². The number of aromatic amines is 1. The number of halogens is 3. The van der Waals surface area contributed by atoms with Gasteiger partial charge in [0.05, 0.1) is 0 Å². The Morgan fingerprint density at radius 1 is 1.29 bits per heavy atom. The van der Waals surface area contributed by atoms with E-state index in [9.17, 15) is 22.8 Å². The number of hydrogen-bond acceptors (Lipinski definition) is 3. The molecule has 21 heavy (non-hydrogen) atoms. The van der Waals surface area contributed by atoms with Crippen LogP contribution < -0.4 is 21.7 Å². The van der Waals surface area contributed by atoms with Crippen molar-refractivity contribution >= 4 is 23.2 Å². The number of nitrogens with one attached hydrogen (secondary N) is 4. The summed E-state index contributed by atoms with van der Waals surface area (Å²) in [6, 6.07) is 1.43. The number of hydrogen-bond donors (Lipinski definition) is 4. The number of hydrazine groups is 1. The number of alkyl halides is 3. The molecule has 10 heteroatoms. The zero-order valence-corrected chi connectivity index (χ0v) is 11.9. The van der Waals surface area contributed by atoms with Crippen LogP contribution in [0.15, 0.2) is 16.9 Å². The first-order valence-electron chi connectivity index (χ1n) is 5.78. The molecule has 0 saturated heterocycles. The van der Waals surface area contributed by atoms with Crippen molar-refractivity contribution in [3.05, 3.63) is 33.7 Å². The summed E-state index contributed by atoms with van der Waals surface area (Å²) in [5, 5.41) is 2.88. The molecule has 1 rings (SSSR count). The molecule has 116 valence electrons. The minimum Gasteiger partial charge on any atom is -0.359 e. The second kappa shape index (κ2) is 6.57. The normalized spacial score (nSPS) is 11.1. The number of thiocarbonyl (C=S) groups is 1. The standard InChI is InChI=1S/C11H13F3N4O2S/c1-5(2)15-10(21)18-17-9(20)6-3-4-7(11(12,13)14)16-8(6)19/h3-5H,1-2H3,(H,16,19)(H,17,20)(H2,15,18,21). The van der Waals surface area contributed by atoms with Gasteiger partial charge in [0.25, 0.3) is 11.5 Å². The van der Waals surface area contributed by atoms with Gasteiger partial charge in [-0.3, -0.25) is 20.4 Å². The number of carbonyl (C=O) groups excluding carboxylic acids is 1. The quantitative estimate of drug-likeness (QED) is 0.480. The second-order valence-electron chi connectivity index (χ2n) is 4.32. The van der Waals surface area contributed by atoms with Gasteiger partial charge in [0.1, 0.15) is 11.3 Å². The number of H-pyrrole nitrogens is 1. The third-order valence-corrected chi connectivity index (χ3v) is 2.39. The molecule has 0 saturated carbocycles. The number of rotatable bonds is 2. The smallest absolute Gasteiger partial charge is 0.359 e. The van der Waals surface area contributed by atoms with Crippen LogP contribution in [0.1, 0.15) is 29.9 Å². The van der Waals surface area contributed by atoms with E-state index in [1.165, 1.54) is 0 Å². The predicted octanol–water partition coefficient (Wildman–Crippen LogP) is 0.911. The minimum absolute atomic E-state index is 0.0244. The molecular weight excluding hydrogens is 309 g/mol. The van der Waals surface area contributed by atoms with Gasteiger partial charge in [0.15, 0.2) is 5.11 Å². The summed E-state index contributed by atoms with van der Waals surface area (Å²) < 4.78 is 37.1. The summed E-state index contributed by atoms with van der Waals surface area (Å²) in [4.78, 5) is 24.7. The van der Waals surface area contributed by atoms with Crippen molar-refractivity contribution in [3.63, 3.8) is 0 Å². The first-order valence-corrected chi connectivity index (χ1v) is 6.19. The Morgan fingerprint density at radius 3 is 2.38 bits per heavy atom. The third kappa shape index (κ3) is 5.06. The van der Waals surface area contributed by atoms with Gasteiger partial charge in [-0.1, -0.05) is 0 Å². The lowest BCUT2D eigenvalue weighted by Gasteiger charge is -2.13. The molecule has 0 fully saturated rings. The zero-order chi connectivity index (χ0) is 16.2. The van der Waals surface area contributed by atoms with Gasteiger partial charge in [-0.05, 0) is 38.2 Å². The van der Waals surface area contributed by atoms with Gasteiger partial charge in [0.2, 0.25) is 0 Å². The van der Waals surface area contributed by atoms with E-state index in [1.807, 2.05) is 13.8 Å². The van der Waals surface area contributed by atoms with E-state index in [-0.39, 0.29) is 11.2 Å². The summed E-state index contributed by atoms with van der Waals surface area (Å²) in [6.45, 7) is 3.63. The average molecular weight is 322 g/mol. The van der Waals surface area contributed by atoms with Crippen LogP contribution in [0.5, 0.6) is 0 Å². The summed E-state index contributed by atoms with van der Waals surface area (Å²) in [6.07, 6.45) is -4.69. The minimum atomic E-state index is -4.69. The molecule has 0 atom stereocenters. The highest BCUT2D eigenvalue weighted by molar-refractivity contribution is 7.80. The van der Waals surface area contributed by atoms with E-state index in [1.54, 1.807) is 4.98 Å². The summed E-state index contributed by atoms with van der Waals surface area (Å²) in [5.41, 5.74) is 1.60. The van der Waals surface area contributed by atoms with E-state index in [0.29, 0.717) is 6.07 Å². The summed E-state index contributed by atoms with van der Waals surface area (Å²) in [7, 11) is 0. The lowest BCUT2D eigenvalue weighted by atomic mass is 10.2. The Bertz CT molecular complexity index is 598. The van der Waals surface area contributed by atoms with E-state index in [2.05, 4.69) is 16.2 Å². The van der Waals surface area contributed by atoms with Gasteiger partial charge in [-0.15, -0.1) is 0 Å². The molecule has 0 spiro atoms. The van der Waals surface area contributed by atoms with Crippen LogP contribution in [0.25, 0.3) is 0 Å². The lowest BCUT2D eigenvalue weighted by molar-refractivity contribution is -0.141. The molecule has 1 aromatic rings. The average Bonchev–Trinajstić information content (AvgIpc) is 2.33. The second-order valence-corrected chi connectivity index (χ2v) is 4.73. The van der Waals surface area contributed by atoms with Crippen molar-refractivity contribution in [3.8, 4) is 0 Å². The van der Waals surface area contributed by atoms with Crippen molar-refractivity contribution in [2.24, 2.45) is 0 Å². The van der Waals surface area contributed by atoms with Gasteiger partial charge >= 0.3 is 6.18 Å². The van der Waals surface area contributed by atoms with Crippen molar-refractivity contribution in [1.82, 2.24) is 21.2 Å². The van der Waals surface area contributed by atoms with Crippen molar-refractivity contribution < 1.29 is 18.0 Å². The largest absolute Gasteiger partial charge is 0.431 e. The Labute approximate surface area is 123 Å². The fourth-order valence-corrected chi connectivity index (χ4v) is 1.58. The Balaban J connectivity index is 2.76. The van der Waals surface area contributed by atoms with Crippen molar-refractivity contribution in [2.75, 3.05) is 0 Å². The summed E-state index contributed by atoms with van der Waals surface area (Å²) >= 11 is 4.83. The van der Waals surface area contributed by atoms with Crippen molar-refractivity contribution in [1.29, 1.82) is 0 Å². The molecule has 0 aromatic carbocycles. The molecule has 0 radical (unpaired) electrons. The fourth-order valence-electron chi connectivity index (χ4n) is 1.30. The number of aromatic nitrogens is 1. The number of amides is 1. The van der Waals surface area contributed by atoms with Crippen LogP contribution in [0.3, 0.4) is 0 Å².